The number of esters is 3. The predicted octanol–water partition coefficient (Wildman–Crippen LogP) is 20.9. The van der Waals surface area contributed by atoms with E-state index >= 15 is 0 Å². The molecule has 0 spiro atoms. The van der Waals surface area contributed by atoms with Crippen molar-refractivity contribution in [3.63, 3.8) is 0 Å². The Labute approximate surface area is 451 Å². The van der Waals surface area contributed by atoms with Gasteiger partial charge in [0.1, 0.15) is 13.2 Å². The van der Waals surface area contributed by atoms with E-state index in [1.807, 2.05) is 6.08 Å². The molecule has 0 amide bonds. The van der Waals surface area contributed by atoms with E-state index in [-0.39, 0.29) is 31.6 Å². The van der Waals surface area contributed by atoms with Gasteiger partial charge in [-0.2, -0.15) is 0 Å². The van der Waals surface area contributed by atoms with Gasteiger partial charge in [0.15, 0.2) is 6.10 Å². The number of hydrogen-bond acceptors (Lipinski definition) is 6. The normalized spacial score (nSPS) is 12.8. The number of carbonyl (C=O) groups is 3. The van der Waals surface area contributed by atoms with Crippen molar-refractivity contribution in [3.8, 4) is 0 Å². The van der Waals surface area contributed by atoms with Gasteiger partial charge in [-0.05, 0) is 89.9 Å². The monoisotopic (exact) mass is 1010 g/mol. The van der Waals surface area contributed by atoms with Crippen molar-refractivity contribution < 1.29 is 28.6 Å². The van der Waals surface area contributed by atoms with Crippen LogP contribution in [0.25, 0.3) is 0 Å². The third-order valence-corrected chi connectivity index (χ3v) is 13.1. The molecule has 6 nitrogen and oxygen atoms in total. The van der Waals surface area contributed by atoms with Gasteiger partial charge in [0, 0.05) is 19.3 Å². The van der Waals surface area contributed by atoms with E-state index in [4.69, 9.17) is 14.2 Å². The van der Waals surface area contributed by atoms with Gasteiger partial charge in [-0.25, -0.2) is 0 Å². The summed E-state index contributed by atoms with van der Waals surface area (Å²) in [6, 6.07) is 0. The minimum atomic E-state index is -0.825. The number of hydrogen-bond donors (Lipinski definition) is 0. The minimum Gasteiger partial charge on any atom is -0.462 e. The zero-order valence-corrected chi connectivity index (χ0v) is 47.9. The van der Waals surface area contributed by atoms with Crippen LogP contribution >= 0.6 is 0 Å². The van der Waals surface area contributed by atoms with E-state index in [0.29, 0.717) is 19.3 Å². The van der Waals surface area contributed by atoms with Gasteiger partial charge in [0.2, 0.25) is 0 Å². The number of rotatable bonds is 55. The summed E-state index contributed by atoms with van der Waals surface area (Å²) in [6.07, 6.45) is 81.4. The van der Waals surface area contributed by atoms with Crippen molar-refractivity contribution >= 4 is 17.9 Å². The number of carbonyl (C=O) groups excluding carboxylic acids is 3. The average Bonchev–Trinajstić information content (AvgIpc) is 3.39. The van der Waals surface area contributed by atoms with E-state index in [9.17, 15) is 14.4 Å². The molecule has 0 saturated heterocycles. The highest BCUT2D eigenvalue weighted by atomic mass is 16.6. The van der Waals surface area contributed by atoms with Crippen LogP contribution in [0.1, 0.15) is 290 Å². The van der Waals surface area contributed by atoms with Gasteiger partial charge in [0.05, 0.1) is 0 Å². The molecular formula is C67H114O6. The maximum absolute atomic E-state index is 12.9. The van der Waals surface area contributed by atoms with Crippen LogP contribution < -0.4 is 0 Å². The Hall–Kier alpha value is -3.67. The smallest absolute Gasteiger partial charge is 0.306 e. The fraction of sp³-hybridized carbons (Fsp3) is 0.716. The van der Waals surface area contributed by atoms with Gasteiger partial charge in [-0.15, -0.1) is 0 Å². The first-order chi connectivity index (χ1) is 36.0. The third-order valence-electron chi connectivity index (χ3n) is 13.1. The number of unbranched alkanes of at least 4 members (excludes halogenated alkanes) is 28. The maximum atomic E-state index is 12.9. The first-order valence-corrected chi connectivity index (χ1v) is 30.7. The molecule has 0 aliphatic heterocycles. The quantitative estimate of drug-likeness (QED) is 0.0261. The molecule has 0 aliphatic carbocycles. The molecule has 73 heavy (non-hydrogen) atoms. The molecule has 6 heteroatoms. The molecule has 0 N–H and O–H groups in total. The van der Waals surface area contributed by atoms with Crippen molar-refractivity contribution in [1.29, 1.82) is 0 Å². The van der Waals surface area contributed by atoms with E-state index < -0.39 is 12.1 Å². The van der Waals surface area contributed by atoms with Gasteiger partial charge < -0.3 is 14.2 Å². The first-order valence-electron chi connectivity index (χ1n) is 30.7. The summed E-state index contributed by atoms with van der Waals surface area (Å²) in [5, 5.41) is 0. The van der Waals surface area contributed by atoms with Gasteiger partial charge in [0.25, 0.3) is 0 Å². The van der Waals surface area contributed by atoms with Crippen molar-refractivity contribution in [3.05, 3.63) is 97.2 Å². The van der Waals surface area contributed by atoms with Crippen LogP contribution in [0, 0.1) is 0 Å². The van der Waals surface area contributed by atoms with E-state index in [2.05, 4.69) is 112 Å². The van der Waals surface area contributed by atoms with Gasteiger partial charge in [-0.3, -0.25) is 14.4 Å². The molecule has 1 atom stereocenters. The molecule has 0 aliphatic rings. The molecule has 0 unspecified atom stereocenters. The Morgan fingerprint density at radius 2 is 0.562 bits per heavy atom. The van der Waals surface area contributed by atoms with Crippen LogP contribution in [0.15, 0.2) is 97.2 Å². The predicted molar refractivity (Wildman–Crippen MR) is 316 cm³/mol. The zero-order chi connectivity index (χ0) is 52.9. The summed E-state index contributed by atoms with van der Waals surface area (Å²) >= 11 is 0. The Morgan fingerprint density at radius 1 is 0.288 bits per heavy atom. The summed E-state index contributed by atoms with van der Waals surface area (Å²) in [5.74, 6) is -1.00. The standard InChI is InChI=1S/C67H114O6/c1-4-7-10-13-16-19-22-25-28-30-32-33-35-36-39-42-45-48-51-54-57-60-66(69)72-63-64(62-71-65(68)59-56-53-50-47-44-41-38-27-24-21-18-15-12-9-6-3)73-67(70)61-58-55-52-49-46-43-40-37-34-31-29-26-23-20-17-14-11-8-5-2/h9,12,17-18,20-21,26-27,29,34,37-38,43,46,52,55,64H,4-8,10-11,13-16,19,22-25,28,30-33,35-36,39-42,44-45,47-51,53-54,56-63H2,1-3H3/b12-9-,20-17-,21-18-,29-26-,37-34-,38-27-,46-43-,55-52-/t64-/m1/s1. The second kappa shape index (κ2) is 60.9. The highest BCUT2D eigenvalue weighted by molar-refractivity contribution is 5.71. The fourth-order valence-corrected chi connectivity index (χ4v) is 8.50. The lowest BCUT2D eigenvalue weighted by Gasteiger charge is -2.18. The van der Waals surface area contributed by atoms with E-state index in [1.54, 1.807) is 0 Å². The summed E-state index contributed by atoms with van der Waals surface area (Å²) in [7, 11) is 0. The lowest BCUT2D eigenvalue weighted by Crippen LogP contribution is -2.30. The van der Waals surface area contributed by atoms with E-state index in [1.165, 1.54) is 141 Å². The Bertz CT molecular complexity index is 1440. The molecule has 0 aromatic rings. The molecule has 0 saturated carbocycles. The highest BCUT2D eigenvalue weighted by Gasteiger charge is 2.19. The van der Waals surface area contributed by atoms with Crippen molar-refractivity contribution in [2.75, 3.05) is 13.2 Å². The molecule has 0 fully saturated rings. The molecule has 0 aromatic heterocycles. The van der Waals surface area contributed by atoms with Gasteiger partial charge >= 0.3 is 17.9 Å². The SMILES string of the molecule is CC/C=C\C/C=C\C/C=C\CCCCCCCC(=O)OC[C@H](COC(=O)CCCCCCCCCCCCCCCCCCCCCCC)OC(=O)CC/C=C\C/C=C\C/C=C\C/C=C\C/C=C\CCCCC. The molecule has 0 aromatic carbocycles. The summed E-state index contributed by atoms with van der Waals surface area (Å²) in [5.41, 5.74) is 0. The highest BCUT2D eigenvalue weighted by Crippen LogP contribution is 2.16. The van der Waals surface area contributed by atoms with Gasteiger partial charge in [-0.1, -0.05) is 279 Å². The summed E-state index contributed by atoms with van der Waals surface area (Å²) in [6.45, 7) is 6.45. The van der Waals surface area contributed by atoms with Crippen LogP contribution in [0.5, 0.6) is 0 Å². The Kier molecular flexibility index (Phi) is 57.8. The molecule has 0 radical (unpaired) electrons. The second-order valence-corrected chi connectivity index (χ2v) is 20.2. The van der Waals surface area contributed by atoms with Crippen LogP contribution in [0.2, 0.25) is 0 Å². The van der Waals surface area contributed by atoms with Crippen LogP contribution in [-0.2, 0) is 28.6 Å². The first kappa shape index (κ1) is 69.3. The largest absolute Gasteiger partial charge is 0.462 e. The van der Waals surface area contributed by atoms with Crippen LogP contribution in [-0.4, -0.2) is 37.2 Å². The third kappa shape index (κ3) is 59.1. The van der Waals surface area contributed by atoms with E-state index in [0.717, 1.165) is 103 Å². The topological polar surface area (TPSA) is 78.9 Å². The lowest BCUT2D eigenvalue weighted by molar-refractivity contribution is -0.166. The molecule has 0 bridgehead atoms. The van der Waals surface area contributed by atoms with Crippen LogP contribution in [0.3, 0.4) is 0 Å². The fourth-order valence-electron chi connectivity index (χ4n) is 8.50. The molecule has 0 heterocycles. The Morgan fingerprint density at radius 3 is 0.918 bits per heavy atom. The molecular weight excluding hydrogens is 901 g/mol. The van der Waals surface area contributed by atoms with Crippen LogP contribution in [0.4, 0.5) is 0 Å². The maximum Gasteiger partial charge on any atom is 0.306 e. The Balaban J connectivity index is 4.46. The molecule has 418 valence electrons. The summed E-state index contributed by atoms with van der Waals surface area (Å²) in [4.78, 5) is 38.2. The number of ether oxygens (including phenoxy) is 3. The zero-order valence-electron chi connectivity index (χ0n) is 47.9. The van der Waals surface area contributed by atoms with Crippen molar-refractivity contribution in [1.82, 2.24) is 0 Å². The number of allylic oxidation sites excluding steroid dienone is 16. The van der Waals surface area contributed by atoms with Crippen molar-refractivity contribution in [2.24, 2.45) is 0 Å². The summed E-state index contributed by atoms with van der Waals surface area (Å²) < 4.78 is 16.8. The lowest BCUT2D eigenvalue weighted by atomic mass is 10.0. The second-order valence-electron chi connectivity index (χ2n) is 20.2. The molecule has 0 rings (SSSR count). The minimum absolute atomic E-state index is 0.111. The average molecular weight is 1020 g/mol. The van der Waals surface area contributed by atoms with Crippen molar-refractivity contribution in [2.45, 2.75) is 297 Å².